The zero-order chi connectivity index (χ0) is 11.3. The van der Waals surface area contributed by atoms with E-state index in [0.29, 0.717) is 11.3 Å². The molecule has 15 heavy (non-hydrogen) atoms. The number of hydrogen-bond acceptors (Lipinski definition) is 3. The number of halogens is 1. The maximum absolute atomic E-state index is 13.0. The molecule has 1 atom stereocenters. The minimum atomic E-state index is -0.286. The van der Waals surface area contributed by atoms with Crippen LogP contribution in [0.4, 0.5) is 4.39 Å². The van der Waals surface area contributed by atoms with Crippen LogP contribution in [0.1, 0.15) is 18.0 Å². The molecule has 1 aromatic carbocycles. The molecule has 0 aromatic heterocycles. The highest BCUT2D eigenvalue weighted by molar-refractivity contribution is 5.36. The van der Waals surface area contributed by atoms with E-state index in [1.807, 2.05) is 7.05 Å². The lowest BCUT2D eigenvalue weighted by Gasteiger charge is -2.15. The Labute approximate surface area is 89.4 Å². The average molecular weight is 212 g/mol. The highest BCUT2D eigenvalue weighted by atomic mass is 19.1. The van der Waals surface area contributed by atoms with E-state index in [4.69, 9.17) is 10.5 Å². The van der Waals surface area contributed by atoms with Gasteiger partial charge in [0.15, 0.2) is 0 Å². The van der Waals surface area contributed by atoms with Crippen molar-refractivity contribution in [1.82, 2.24) is 5.32 Å². The van der Waals surface area contributed by atoms with Gasteiger partial charge in [-0.1, -0.05) is 0 Å². The molecule has 4 heteroatoms. The van der Waals surface area contributed by atoms with Gasteiger partial charge in [0.25, 0.3) is 0 Å². The Morgan fingerprint density at radius 3 is 2.87 bits per heavy atom. The second-order valence-electron chi connectivity index (χ2n) is 3.38. The molecule has 0 bridgehead atoms. The van der Waals surface area contributed by atoms with Gasteiger partial charge in [-0.3, -0.25) is 0 Å². The molecule has 0 heterocycles. The monoisotopic (exact) mass is 212 g/mol. The van der Waals surface area contributed by atoms with Crippen LogP contribution >= 0.6 is 0 Å². The van der Waals surface area contributed by atoms with Crippen molar-refractivity contribution in [2.24, 2.45) is 5.73 Å². The molecular formula is C11H17FN2O. The van der Waals surface area contributed by atoms with Crippen molar-refractivity contribution in [3.63, 3.8) is 0 Å². The molecule has 0 fully saturated rings. The molecule has 0 aliphatic rings. The molecule has 0 radical (unpaired) electrons. The van der Waals surface area contributed by atoms with Crippen molar-refractivity contribution in [1.29, 1.82) is 0 Å². The second kappa shape index (κ2) is 5.68. The summed E-state index contributed by atoms with van der Waals surface area (Å²) in [5.74, 6) is 0.353. The van der Waals surface area contributed by atoms with E-state index in [1.54, 1.807) is 13.2 Å². The van der Waals surface area contributed by atoms with Crippen LogP contribution in [0.25, 0.3) is 0 Å². The minimum absolute atomic E-state index is 0.205. The molecule has 0 aliphatic heterocycles. The highest BCUT2D eigenvalue weighted by Crippen LogP contribution is 2.26. The van der Waals surface area contributed by atoms with Gasteiger partial charge in [-0.2, -0.15) is 0 Å². The van der Waals surface area contributed by atoms with E-state index in [2.05, 4.69) is 5.32 Å². The maximum atomic E-state index is 13.0. The third-order valence-corrected chi connectivity index (χ3v) is 2.30. The van der Waals surface area contributed by atoms with Crippen LogP contribution < -0.4 is 15.8 Å². The lowest BCUT2D eigenvalue weighted by molar-refractivity contribution is 0.402. The fourth-order valence-electron chi connectivity index (χ4n) is 1.45. The van der Waals surface area contributed by atoms with Gasteiger partial charge >= 0.3 is 0 Å². The van der Waals surface area contributed by atoms with Gasteiger partial charge in [-0.05, 0) is 38.2 Å². The van der Waals surface area contributed by atoms with E-state index in [9.17, 15) is 4.39 Å². The second-order valence-corrected chi connectivity index (χ2v) is 3.38. The predicted molar refractivity (Wildman–Crippen MR) is 58.4 cm³/mol. The first kappa shape index (κ1) is 11.9. The number of rotatable bonds is 5. The first-order valence-electron chi connectivity index (χ1n) is 4.92. The van der Waals surface area contributed by atoms with Crippen molar-refractivity contribution in [3.05, 3.63) is 29.6 Å². The van der Waals surface area contributed by atoms with Gasteiger partial charge in [0, 0.05) is 11.6 Å². The number of nitrogens with two attached hydrogens (primary N) is 1. The van der Waals surface area contributed by atoms with Crippen LogP contribution in [0.5, 0.6) is 5.75 Å². The van der Waals surface area contributed by atoms with E-state index >= 15 is 0 Å². The van der Waals surface area contributed by atoms with E-state index in [-0.39, 0.29) is 11.9 Å². The van der Waals surface area contributed by atoms with Gasteiger partial charge in [0.2, 0.25) is 0 Å². The largest absolute Gasteiger partial charge is 0.496 e. The Hall–Kier alpha value is -1.13. The summed E-state index contributed by atoms with van der Waals surface area (Å²) in [5.41, 5.74) is 6.66. The Morgan fingerprint density at radius 1 is 1.53 bits per heavy atom. The van der Waals surface area contributed by atoms with Crippen molar-refractivity contribution < 1.29 is 9.13 Å². The van der Waals surface area contributed by atoms with Crippen LogP contribution in [0.15, 0.2) is 18.2 Å². The SMILES string of the molecule is CNCCC(N)c1cc(F)ccc1OC. The lowest BCUT2D eigenvalue weighted by Crippen LogP contribution is -2.18. The molecule has 3 nitrogen and oxygen atoms in total. The van der Waals surface area contributed by atoms with Gasteiger partial charge in [0.05, 0.1) is 7.11 Å². The zero-order valence-corrected chi connectivity index (χ0v) is 9.09. The summed E-state index contributed by atoms with van der Waals surface area (Å²) < 4.78 is 18.2. The molecular weight excluding hydrogens is 195 g/mol. The molecule has 0 saturated heterocycles. The van der Waals surface area contributed by atoms with E-state index in [0.717, 1.165) is 13.0 Å². The fraction of sp³-hybridized carbons (Fsp3) is 0.455. The molecule has 0 saturated carbocycles. The molecule has 0 amide bonds. The number of ether oxygens (including phenoxy) is 1. The summed E-state index contributed by atoms with van der Waals surface area (Å²) >= 11 is 0. The van der Waals surface area contributed by atoms with Crippen molar-refractivity contribution in [2.45, 2.75) is 12.5 Å². The maximum Gasteiger partial charge on any atom is 0.123 e. The number of hydrogen-bond donors (Lipinski definition) is 2. The van der Waals surface area contributed by atoms with E-state index in [1.165, 1.54) is 12.1 Å². The summed E-state index contributed by atoms with van der Waals surface area (Å²) in [5, 5.41) is 3.01. The van der Waals surface area contributed by atoms with Crippen LogP contribution in [0.2, 0.25) is 0 Å². The topological polar surface area (TPSA) is 47.3 Å². The number of methoxy groups -OCH3 is 1. The summed E-state index contributed by atoms with van der Waals surface area (Å²) in [4.78, 5) is 0. The van der Waals surface area contributed by atoms with Gasteiger partial charge in [-0.15, -0.1) is 0 Å². The van der Waals surface area contributed by atoms with E-state index < -0.39 is 0 Å². The first-order valence-corrected chi connectivity index (χ1v) is 4.92. The standard InChI is InChI=1S/C11H17FN2O/c1-14-6-5-10(13)9-7-8(12)3-4-11(9)15-2/h3-4,7,10,14H,5-6,13H2,1-2H3. The average Bonchev–Trinajstić information content (AvgIpc) is 2.25. The Kier molecular flexibility index (Phi) is 4.52. The highest BCUT2D eigenvalue weighted by Gasteiger charge is 2.12. The molecule has 0 spiro atoms. The molecule has 3 N–H and O–H groups in total. The Morgan fingerprint density at radius 2 is 2.27 bits per heavy atom. The van der Waals surface area contributed by atoms with Crippen LogP contribution in [-0.2, 0) is 0 Å². The van der Waals surface area contributed by atoms with Crippen LogP contribution in [0, 0.1) is 5.82 Å². The van der Waals surface area contributed by atoms with Crippen molar-refractivity contribution in [3.8, 4) is 5.75 Å². The number of benzene rings is 1. The third kappa shape index (κ3) is 3.18. The van der Waals surface area contributed by atoms with Crippen LogP contribution in [-0.4, -0.2) is 20.7 Å². The molecule has 1 aromatic rings. The number of nitrogens with one attached hydrogen (secondary N) is 1. The Balaban J connectivity index is 2.85. The predicted octanol–water partition coefficient (Wildman–Crippen LogP) is 1.44. The van der Waals surface area contributed by atoms with Crippen LogP contribution in [0.3, 0.4) is 0 Å². The summed E-state index contributed by atoms with van der Waals surface area (Å²) in [6.07, 6.45) is 0.746. The van der Waals surface area contributed by atoms with Crippen molar-refractivity contribution in [2.75, 3.05) is 20.7 Å². The van der Waals surface area contributed by atoms with Gasteiger partial charge in [-0.25, -0.2) is 4.39 Å². The summed E-state index contributed by atoms with van der Waals surface area (Å²) in [7, 11) is 3.41. The fourth-order valence-corrected chi connectivity index (χ4v) is 1.45. The summed E-state index contributed by atoms with van der Waals surface area (Å²) in [6, 6.07) is 4.19. The minimum Gasteiger partial charge on any atom is -0.496 e. The molecule has 1 unspecified atom stereocenters. The summed E-state index contributed by atoms with van der Waals surface area (Å²) in [6.45, 7) is 0.792. The third-order valence-electron chi connectivity index (χ3n) is 2.30. The quantitative estimate of drug-likeness (QED) is 0.776. The zero-order valence-electron chi connectivity index (χ0n) is 9.09. The first-order chi connectivity index (χ1) is 7.19. The molecule has 0 aliphatic carbocycles. The van der Waals surface area contributed by atoms with Gasteiger partial charge in [0.1, 0.15) is 11.6 Å². The smallest absolute Gasteiger partial charge is 0.123 e. The van der Waals surface area contributed by atoms with Crippen molar-refractivity contribution >= 4 is 0 Å². The molecule has 1 rings (SSSR count). The lowest BCUT2D eigenvalue weighted by atomic mass is 10.0. The molecule has 84 valence electrons. The Bertz CT molecular complexity index is 317. The normalized spacial score (nSPS) is 12.5. The van der Waals surface area contributed by atoms with Gasteiger partial charge < -0.3 is 15.8 Å².